The predicted molar refractivity (Wildman–Crippen MR) is 138 cm³/mol. The van der Waals surface area contributed by atoms with Gasteiger partial charge in [0, 0.05) is 45.2 Å². The summed E-state index contributed by atoms with van der Waals surface area (Å²) in [6, 6.07) is 3.35. The van der Waals surface area contributed by atoms with Crippen molar-refractivity contribution < 1.29 is 23.5 Å². The molecule has 4 heterocycles. The Balaban J connectivity index is 1.47. The van der Waals surface area contributed by atoms with Crippen molar-refractivity contribution in [2.75, 3.05) is 39.3 Å². The van der Waals surface area contributed by atoms with Gasteiger partial charge in [-0.2, -0.15) is 5.10 Å². The van der Waals surface area contributed by atoms with Crippen LogP contribution in [0.1, 0.15) is 86.9 Å². The topological polar surface area (TPSA) is 101 Å². The molecule has 0 spiro atoms. The van der Waals surface area contributed by atoms with Gasteiger partial charge in [0.05, 0.1) is 29.3 Å². The fourth-order valence-electron chi connectivity index (χ4n) is 4.95. The lowest BCUT2D eigenvalue weighted by Gasteiger charge is -2.36. The zero-order valence-corrected chi connectivity index (χ0v) is 22.8. The van der Waals surface area contributed by atoms with E-state index < -0.39 is 5.60 Å². The lowest BCUT2D eigenvalue weighted by Crippen LogP contribution is -2.50. The van der Waals surface area contributed by atoms with Crippen LogP contribution in [0.2, 0.25) is 0 Å². The zero-order valence-electron chi connectivity index (χ0n) is 22.8. The van der Waals surface area contributed by atoms with Gasteiger partial charge in [-0.25, -0.2) is 4.79 Å². The van der Waals surface area contributed by atoms with Gasteiger partial charge in [-0.05, 0) is 66.5 Å². The Morgan fingerprint density at radius 3 is 2.00 bits per heavy atom. The number of amides is 3. The van der Waals surface area contributed by atoms with Crippen LogP contribution in [0.4, 0.5) is 4.79 Å². The van der Waals surface area contributed by atoms with Gasteiger partial charge < -0.3 is 23.9 Å². The summed E-state index contributed by atoms with van der Waals surface area (Å²) >= 11 is 0. The molecular weight excluding hydrogens is 474 g/mol. The SMILES string of the molecule is CC(C)(C)OC(=O)N1CCC(c2c(C(=O)N3CCN(C(=O)c4ccco4)CC3)cnn2C(C)(C)C)CC1. The van der Waals surface area contributed by atoms with Crippen molar-refractivity contribution in [2.45, 2.75) is 71.4 Å². The summed E-state index contributed by atoms with van der Waals surface area (Å²) in [7, 11) is 0. The Morgan fingerprint density at radius 1 is 0.892 bits per heavy atom. The number of aromatic nitrogens is 2. The van der Waals surface area contributed by atoms with Gasteiger partial charge in [-0.3, -0.25) is 14.3 Å². The van der Waals surface area contributed by atoms with Crippen molar-refractivity contribution in [3.05, 3.63) is 41.6 Å². The van der Waals surface area contributed by atoms with Gasteiger partial charge in [0.15, 0.2) is 5.76 Å². The maximum Gasteiger partial charge on any atom is 0.410 e. The summed E-state index contributed by atoms with van der Waals surface area (Å²) in [5.74, 6) is 0.188. The van der Waals surface area contributed by atoms with E-state index in [4.69, 9.17) is 9.15 Å². The van der Waals surface area contributed by atoms with Crippen LogP contribution in [-0.2, 0) is 10.3 Å². The molecule has 0 unspecified atom stereocenters. The molecule has 2 saturated heterocycles. The van der Waals surface area contributed by atoms with E-state index in [9.17, 15) is 14.4 Å². The minimum absolute atomic E-state index is 0.0647. The van der Waals surface area contributed by atoms with Crippen molar-refractivity contribution >= 4 is 17.9 Å². The first-order valence-electron chi connectivity index (χ1n) is 13.0. The molecule has 0 atom stereocenters. The van der Waals surface area contributed by atoms with Crippen LogP contribution in [-0.4, -0.2) is 87.3 Å². The molecule has 202 valence electrons. The largest absolute Gasteiger partial charge is 0.459 e. The molecule has 10 nitrogen and oxygen atoms in total. The van der Waals surface area contributed by atoms with E-state index in [1.54, 1.807) is 33.0 Å². The number of piperazine rings is 1. The zero-order chi connectivity index (χ0) is 27.0. The molecule has 0 aromatic carbocycles. The van der Waals surface area contributed by atoms with Crippen LogP contribution >= 0.6 is 0 Å². The first-order chi connectivity index (χ1) is 17.3. The molecule has 10 heteroatoms. The Labute approximate surface area is 218 Å². The van der Waals surface area contributed by atoms with Crippen molar-refractivity contribution in [1.29, 1.82) is 0 Å². The summed E-state index contributed by atoms with van der Waals surface area (Å²) in [4.78, 5) is 44.1. The second kappa shape index (κ2) is 10.2. The van der Waals surface area contributed by atoms with E-state index in [2.05, 4.69) is 25.9 Å². The highest BCUT2D eigenvalue weighted by Crippen LogP contribution is 2.34. The fraction of sp³-hybridized carbons (Fsp3) is 0.630. The average molecular weight is 514 g/mol. The molecular formula is C27H39N5O5. The van der Waals surface area contributed by atoms with E-state index in [0.29, 0.717) is 50.6 Å². The van der Waals surface area contributed by atoms with E-state index in [-0.39, 0.29) is 29.4 Å². The maximum atomic E-state index is 13.7. The van der Waals surface area contributed by atoms with Crippen LogP contribution in [0.3, 0.4) is 0 Å². The van der Waals surface area contributed by atoms with Crippen LogP contribution in [0.25, 0.3) is 0 Å². The summed E-state index contributed by atoms with van der Waals surface area (Å²) in [5.41, 5.74) is 0.696. The maximum absolute atomic E-state index is 13.7. The Morgan fingerprint density at radius 2 is 1.49 bits per heavy atom. The van der Waals surface area contributed by atoms with Gasteiger partial charge in [-0.15, -0.1) is 0 Å². The number of rotatable bonds is 3. The van der Waals surface area contributed by atoms with Crippen LogP contribution in [0.5, 0.6) is 0 Å². The van der Waals surface area contributed by atoms with E-state index >= 15 is 0 Å². The van der Waals surface area contributed by atoms with E-state index in [1.807, 2.05) is 25.5 Å². The molecule has 4 rings (SSSR count). The normalized spacial score (nSPS) is 17.7. The monoisotopic (exact) mass is 513 g/mol. The second-order valence-electron chi connectivity index (χ2n) is 11.8. The molecule has 2 aromatic rings. The molecule has 0 radical (unpaired) electrons. The van der Waals surface area contributed by atoms with Crippen LogP contribution in [0.15, 0.2) is 29.0 Å². The number of piperidine rings is 1. The number of likely N-dealkylation sites (tertiary alicyclic amines) is 1. The first kappa shape index (κ1) is 26.8. The average Bonchev–Trinajstić information content (AvgIpc) is 3.53. The third-order valence-electron chi connectivity index (χ3n) is 6.79. The Kier molecular flexibility index (Phi) is 7.39. The fourth-order valence-corrected chi connectivity index (χ4v) is 4.95. The van der Waals surface area contributed by atoms with Gasteiger partial charge in [0.25, 0.3) is 11.8 Å². The van der Waals surface area contributed by atoms with Gasteiger partial charge in [0.1, 0.15) is 5.60 Å². The number of carbonyl (C=O) groups is 3. The van der Waals surface area contributed by atoms with Gasteiger partial charge >= 0.3 is 6.09 Å². The summed E-state index contributed by atoms with van der Waals surface area (Å²) < 4.78 is 12.7. The van der Waals surface area contributed by atoms with Crippen molar-refractivity contribution in [3.8, 4) is 0 Å². The number of nitrogens with zero attached hydrogens (tertiary/aromatic N) is 5. The molecule has 2 aliphatic rings. The number of carbonyl (C=O) groups excluding carboxylic acids is 3. The summed E-state index contributed by atoms with van der Waals surface area (Å²) in [5, 5.41) is 4.65. The third-order valence-corrected chi connectivity index (χ3v) is 6.79. The molecule has 0 bridgehead atoms. The molecule has 0 aliphatic carbocycles. The smallest absolute Gasteiger partial charge is 0.410 e. The standard InChI is InChI=1S/C27H39N5O5/c1-26(2,3)32-22(19-9-11-31(12-10-19)25(35)37-27(4,5)6)20(18-28-32)23(33)29-13-15-30(16-14-29)24(34)21-8-7-17-36-21/h7-8,17-19H,9-16H2,1-6H3. The van der Waals surface area contributed by atoms with E-state index in [1.165, 1.54) is 6.26 Å². The molecule has 2 aliphatic heterocycles. The summed E-state index contributed by atoms with van der Waals surface area (Å²) in [6.07, 6.45) is 4.33. The quantitative estimate of drug-likeness (QED) is 0.616. The number of ether oxygens (including phenoxy) is 1. The number of furan rings is 1. The van der Waals surface area contributed by atoms with Gasteiger partial charge in [0.2, 0.25) is 0 Å². The van der Waals surface area contributed by atoms with Crippen molar-refractivity contribution in [2.24, 2.45) is 0 Å². The lowest BCUT2D eigenvalue weighted by molar-refractivity contribution is 0.0201. The third kappa shape index (κ3) is 5.99. The molecule has 2 aromatic heterocycles. The molecule has 0 N–H and O–H groups in total. The number of hydrogen-bond acceptors (Lipinski definition) is 6. The minimum atomic E-state index is -0.537. The highest BCUT2D eigenvalue weighted by molar-refractivity contribution is 5.96. The first-order valence-corrected chi connectivity index (χ1v) is 13.0. The highest BCUT2D eigenvalue weighted by atomic mass is 16.6. The minimum Gasteiger partial charge on any atom is -0.459 e. The van der Waals surface area contributed by atoms with Crippen molar-refractivity contribution in [3.63, 3.8) is 0 Å². The number of hydrogen-bond donors (Lipinski definition) is 0. The highest BCUT2D eigenvalue weighted by Gasteiger charge is 2.36. The van der Waals surface area contributed by atoms with Crippen LogP contribution < -0.4 is 0 Å². The lowest BCUT2D eigenvalue weighted by atomic mass is 9.90. The second-order valence-corrected chi connectivity index (χ2v) is 11.8. The Hall–Kier alpha value is -3.30. The molecule has 37 heavy (non-hydrogen) atoms. The van der Waals surface area contributed by atoms with E-state index in [0.717, 1.165) is 18.5 Å². The predicted octanol–water partition coefficient (Wildman–Crippen LogP) is 3.94. The van der Waals surface area contributed by atoms with Gasteiger partial charge in [-0.1, -0.05) is 0 Å². The van der Waals surface area contributed by atoms with Crippen molar-refractivity contribution in [1.82, 2.24) is 24.5 Å². The molecule has 3 amide bonds. The Bertz CT molecular complexity index is 1110. The molecule has 2 fully saturated rings. The van der Waals surface area contributed by atoms with Crippen LogP contribution in [0, 0.1) is 0 Å². The molecule has 0 saturated carbocycles. The summed E-state index contributed by atoms with van der Waals surface area (Å²) in [6.45, 7) is 14.7.